The van der Waals surface area contributed by atoms with Crippen LogP contribution < -0.4 is 15.5 Å². The van der Waals surface area contributed by atoms with E-state index in [2.05, 4.69) is 62.2 Å². The number of rotatable bonds is 10. The average molecular weight is 451 g/mol. The fourth-order valence-corrected chi connectivity index (χ4v) is 3.54. The molecule has 0 aliphatic carbocycles. The smallest absolute Gasteiger partial charge is 0.181 e. The minimum absolute atomic E-state index is 0.214. The number of hydrogen-bond acceptors (Lipinski definition) is 7. The van der Waals surface area contributed by atoms with Gasteiger partial charge in [-0.15, -0.1) is 0 Å². The molecule has 0 saturated carbocycles. The number of amidine groups is 1. The van der Waals surface area contributed by atoms with Crippen LogP contribution in [0.3, 0.4) is 0 Å². The molecule has 1 aromatic heterocycles. The van der Waals surface area contributed by atoms with Gasteiger partial charge < -0.3 is 24.8 Å². The number of aromatic amines is 1. The summed E-state index contributed by atoms with van der Waals surface area (Å²) in [4.78, 5) is 16.8. The van der Waals surface area contributed by atoms with Crippen molar-refractivity contribution >= 4 is 30.2 Å². The summed E-state index contributed by atoms with van der Waals surface area (Å²) in [6.07, 6.45) is 3.88. The summed E-state index contributed by atoms with van der Waals surface area (Å²) in [5, 5.41) is 8.04. The van der Waals surface area contributed by atoms with Crippen molar-refractivity contribution < 1.29 is 4.74 Å². The number of nitrogens with one attached hydrogen (secondary N) is 3. The zero-order chi connectivity index (χ0) is 23.6. The number of hydrogen-bond donors (Lipinski definition) is 3. The number of benzene rings is 1. The molecule has 9 heteroatoms. The molecule has 1 saturated heterocycles. The molecule has 0 radical (unpaired) electrons. The fraction of sp³-hybridized carbons (Fsp3) is 0.375. The van der Waals surface area contributed by atoms with Crippen molar-refractivity contribution in [2.24, 2.45) is 15.1 Å². The molecule has 0 unspecified atom stereocenters. The summed E-state index contributed by atoms with van der Waals surface area (Å²) in [6, 6.07) is 8.12. The Hall–Kier alpha value is -3.59. The zero-order valence-electron chi connectivity index (χ0n) is 19.8. The normalized spacial score (nSPS) is 16.1. The number of nitrogens with zero attached hydrogens (tertiary/aromatic N) is 5. The van der Waals surface area contributed by atoms with Gasteiger partial charge >= 0.3 is 0 Å². The van der Waals surface area contributed by atoms with Crippen LogP contribution in [0, 0.1) is 6.92 Å². The first-order valence-electron chi connectivity index (χ1n) is 11.0. The lowest BCUT2D eigenvalue weighted by molar-refractivity contribution is 0.214. The Morgan fingerprint density at radius 2 is 2.00 bits per heavy atom. The number of piperazine rings is 1. The molecule has 2 heterocycles. The van der Waals surface area contributed by atoms with Crippen LogP contribution in [0.5, 0.6) is 5.75 Å². The van der Waals surface area contributed by atoms with Crippen molar-refractivity contribution in [3.63, 3.8) is 0 Å². The van der Waals surface area contributed by atoms with Crippen LogP contribution in [0.1, 0.15) is 12.6 Å². The molecule has 1 fully saturated rings. The third kappa shape index (κ3) is 7.21. The van der Waals surface area contributed by atoms with Crippen molar-refractivity contribution in [3.05, 3.63) is 53.6 Å². The highest BCUT2D eigenvalue weighted by Gasteiger charge is 2.17. The minimum atomic E-state index is 0.214. The van der Waals surface area contributed by atoms with E-state index in [1.165, 1.54) is 0 Å². The van der Waals surface area contributed by atoms with Crippen LogP contribution in [0.25, 0.3) is 10.9 Å². The summed E-state index contributed by atoms with van der Waals surface area (Å²) < 4.78 is 5.95. The van der Waals surface area contributed by atoms with E-state index in [4.69, 9.17) is 9.73 Å². The van der Waals surface area contributed by atoms with Gasteiger partial charge in [0, 0.05) is 67.8 Å². The van der Waals surface area contributed by atoms with Crippen LogP contribution in [0.2, 0.25) is 0 Å². The minimum Gasteiger partial charge on any atom is -0.471 e. The maximum absolute atomic E-state index is 5.95. The number of aromatic nitrogens is 1. The fourth-order valence-electron chi connectivity index (χ4n) is 3.54. The summed E-state index contributed by atoms with van der Waals surface area (Å²) in [7, 11) is 2.13. The molecule has 0 spiro atoms. The number of likely N-dealkylation sites (N-methyl/N-ethyl adjacent to an activating group) is 1. The molecule has 176 valence electrons. The molecule has 2 aromatic rings. The third-order valence-corrected chi connectivity index (χ3v) is 5.39. The van der Waals surface area contributed by atoms with Crippen molar-refractivity contribution in [1.82, 2.24) is 25.5 Å². The van der Waals surface area contributed by atoms with Gasteiger partial charge in [0.05, 0.1) is 0 Å². The van der Waals surface area contributed by atoms with Gasteiger partial charge in [0.2, 0.25) is 0 Å². The average Bonchev–Trinajstić information content (AvgIpc) is 3.17. The van der Waals surface area contributed by atoms with Crippen LogP contribution >= 0.6 is 0 Å². The zero-order valence-corrected chi connectivity index (χ0v) is 19.8. The van der Waals surface area contributed by atoms with Gasteiger partial charge in [0.25, 0.3) is 0 Å². The van der Waals surface area contributed by atoms with E-state index in [0.717, 1.165) is 60.1 Å². The predicted molar refractivity (Wildman–Crippen MR) is 137 cm³/mol. The first-order chi connectivity index (χ1) is 16.0. The number of hydrazone groups is 1. The largest absolute Gasteiger partial charge is 0.471 e. The molecule has 9 nitrogen and oxygen atoms in total. The van der Waals surface area contributed by atoms with Gasteiger partial charge in [0.15, 0.2) is 6.73 Å². The lowest BCUT2D eigenvalue weighted by Gasteiger charge is -2.33. The second kappa shape index (κ2) is 11.9. The quantitative estimate of drug-likeness (QED) is 0.294. The van der Waals surface area contributed by atoms with Crippen molar-refractivity contribution in [2.75, 3.05) is 46.5 Å². The summed E-state index contributed by atoms with van der Waals surface area (Å²) in [6.45, 7) is 15.6. The van der Waals surface area contributed by atoms with Crippen LogP contribution in [-0.2, 0) is 0 Å². The first kappa shape index (κ1) is 24.1. The van der Waals surface area contributed by atoms with Gasteiger partial charge in [-0.2, -0.15) is 5.10 Å². The van der Waals surface area contributed by atoms with Gasteiger partial charge in [-0.05, 0) is 58.0 Å². The molecule has 33 heavy (non-hydrogen) atoms. The monoisotopic (exact) mass is 450 g/mol. The van der Waals surface area contributed by atoms with E-state index < -0.39 is 0 Å². The molecular weight excluding hydrogens is 416 g/mol. The van der Waals surface area contributed by atoms with Crippen molar-refractivity contribution in [2.45, 2.75) is 13.8 Å². The summed E-state index contributed by atoms with van der Waals surface area (Å²) in [5.74, 6) is 2.26. The molecule has 0 amide bonds. The molecule has 3 rings (SSSR count). The molecule has 1 aromatic carbocycles. The molecule has 3 N–H and O–H groups in total. The summed E-state index contributed by atoms with van der Waals surface area (Å²) >= 11 is 0. The molecular formula is C24H34N8O. The Labute approximate surface area is 195 Å². The van der Waals surface area contributed by atoms with Gasteiger partial charge in [-0.1, -0.05) is 0 Å². The molecule has 1 aliphatic heterocycles. The van der Waals surface area contributed by atoms with E-state index in [9.17, 15) is 0 Å². The van der Waals surface area contributed by atoms with Gasteiger partial charge in [-0.3, -0.25) is 5.43 Å². The van der Waals surface area contributed by atoms with E-state index in [0.29, 0.717) is 12.4 Å². The highest BCUT2D eigenvalue weighted by Crippen LogP contribution is 2.21. The molecule has 0 bridgehead atoms. The number of allylic oxidation sites excluding steroid dienone is 1. The Balaban J connectivity index is 1.72. The van der Waals surface area contributed by atoms with Crippen LogP contribution in [0.4, 0.5) is 0 Å². The maximum Gasteiger partial charge on any atom is 0.181 e. The first-order valence-corrected chi connectivity index (χ1v) is 11.0. The lowest BCUT2D eigenvalue weighted by Crippen LogP contribution is -2.47. The SMILES string of the molecule is C=NN/C(C)=C\CN/C(=C/C(=N\COc1ccc2[nH]c(C)cc2c1)N1CCN(C)CC1)N=C. The van der Waals surface area contributed by atoms with Crippen molar-refractivity contribution in [3.8, 4) is 5.75 Å². The van der Waals surface area contributed by atoms with Crippen LogP contribution in [-0.4, -0.2) is 80.6 Å². The second-order valence-electron chi connectivity index (χ2n) is 8.01. The standard InChI is InChI=1S/C24H34N8O/c1-18(30-26-4)8-9-27-23(25-3)16-24(32-12-10-31(5)11-13-32)28-17-33-21-6-7-22-20(15-21)14-19(2)29-22/h6-8,14-16,27,29-30H,3-4,9-13,17H2,1-2,5H3/b18-8-,23-16+,28-24+. The predicted octanol–water partition coefficient (Wildman–Crippen LogP) is 2.70. The number of fused-ring (bicyclic) bond motifs is 1. The number of ether oxygens (including phenoxy) is 1. The third-order valence-electron chi connectivity index (χ3n) is 5.39. The number of aliphatic imine (C=N–C) groups is 2. The Kier molecular flexibility index (Phi) is 8.65. The Morgan fingerprint density at radius 3 is 2.73 bits per heavy atom. The topological polar surface area (TPSA) is 92.6 Å². The van der Waals surface area contributed by atoms with Crippen LogP contribution in [0.15, 0.2) is 63.0 Å². The summed E-state index contributed by atoms with van der Waals surface area (Å²) in [5.41, 5.74) is 5.93. The Morgan fingerprint density at radius 1 is 1.21 bits per heavy atom. The van der Waals surface area contributed by atoms with Gasteiger partial charge in [0.1, 0.15) is 17.4 Å². The highest BCUT2D eigenvalue weighted by atomic mass is 16.5. The van der Waals surface area contributed by atoms with E-state index in [1.807, 2.05) is 44.2 Å². The van der Waals surface area contributed by atoms with E-state index in [1.54, 1.807) is 0 Å². The Bertz CT molecular complexity index is 1040. The van der Waals surface area contributed by atoms with E-state index in [-0.39, 0.29) is 6.73 Å². The lowest BCUT2D eigenvalue weighted by atomic mass is 10.2. The van der Waals surface area contributed by atoms with Crippen molar-refractivity contribution in [1.29, 1.82) is 0 Å². The number of aryl methyl sites for hydroxylation is 1. The van der Waals surface area contributed by atoms with Gasteiger partial charge in [-0.25, -0.2) is 9.98 Å². The second-order valence-corrected chi connectivity index (χ2v) is 8.01. The number of H-pyrrole nitrogens is 1. The highest BCUT2D eigenvalue weighted by molar-refractivity contribution is 5.93. The molecule has 0 atom stereocenters. The van der Waals surface area contributed by atoms with E-state index >= 15 is 0 Å². The maximum atomic E-state index is 5.95. The molecule has 1 aliphatic rings.